The Morgan fingerprint density at radius 1 is 1.53 bits per heavy atom. The fourth-order valence-corrected chi connectivity index (χ4v) is 1.87. The van der Waals surface area contributed by atoms with E-state index in [0.717, 1.165) is 16.6 Å². The molecule has 2 aromatic rings. The van der Waals surface area contributed by atoms with Gasteiger partial charge in [0.1, 0.15) is 10.8 Å². The molecule has 0 fully saturated rings. The predicted molar refractivity (Wildman–Crippen MR) is 74.2 cm³/mol. The number of hydrogen-bond donors (Lipinski definition) is 2. The van der Waals surface area contributed by atoms with Crippen molar-refractivity contribution in [2.45, 2.75) is 32.9 Å². The van der Waals surface area contributed by atoms with E-state index >= 15 is 0 Å². The molecule has 0 aliphatic carbocycles. The molecule has 0 aromatic carbocycles. The molecule has 0 spiro atoms. The van der Waals surface area contributed by atoms with E-state index in [1.165, 1.54) is 0 Å². The molecule has 0 unspecified atom stereocenters. The van der Waals surface area contributed by atoms with Gasteiger partial charge in [0, 0.05) is 17.3 Å². The number of pyridine rings is 1. The molecule has 19 heavy (non-hydrogen) atoms. The van der Waals surface area contributed by atoms with E-state index in [9.17, 15) is 4.79 Å². The number of halogens is 1. The second-order valence-electron chi connectivity index (χ2n) is 5.21. The van der Waals surface area contributed by atoms with Gasteiger partial charge in [0.15, 0.2) is 0 Å². The Morgan fingerprint density at radius 2 is 2.26 bits per heavy atom. The van der Waals surface area contributed by atoms with Crippen LogP contribution in [0.3, 0.4) is 0 Å². The normalized spacial score (nSPS) is 11.6. The number of alkyl carbamates (subject to hydrolysis) is 1. The van der Waals surface area contributed by atoms with Gasteiger partial charge in [0.25, 0.3) is 0 Å². The maximum absolute atomic E-state index is 11.5. The van der Waals surface area contributed by atoms with Crippen molar-refractivity contribution in [3.05, 3.63) is 29.2 Å². The second kappa shape index (κ2) is 5.09. The largest absolute Gasteiger partial charge is 0.444 e. The van der Waals surface area contributed by atoms with Crippen molar-refractivity contribution in [1.82, 2.24) is 15.3 Å². The molecule has 0 radical (unpaired) electrons. The summed E-state index contributed by atoms with van der Waals surface area (Å²) in [4.78, 5) is 18.7. The Labute approximate surface area is 116 Å². The first-order valence-electron chi connectivity index (χ1n) is 5.94. The number of aromatic nitrogens is 2. The second-order valence-corrected chi connectivity index (χ2v) is 5.57. The zero-order chi connectivity index (χ0) is 14.0. The first-order chi connectivity index (χ1) is 8.85. The molecule has 0 saturated heterocycles. The Morgan fingerprint density at radius 3 is 2.89 bits per heavy atom. The summed E-state index contributed by atoms with van der Waals surface area (Å²) in [6.45, 7) is 5.81. The summed E-state index contributed by atoms with van der Waals surface area (Å²) in [5, 5.41) is 3.96. The zero-order valence-corrected chi connectivity index (χ0v) is 11.8. The first-order valence-corrected chi connectivity index (χ1v) is 6.32. The topological polar surface area (TPSA) is 67.0 Å². The molecule has 0 atom stereocenters. The zero-order valence-electron chi connectivity index (χ0n) is 11.1. The number of carbonyl (C=O) groups is 1. The van der Waals surface area contributed by atoms with Gasteiger partial charge in [0.05, 0.1) is 12.1 Å². The van der Waals surface area contributed by atoms with Crippen molar-refractivity contribution in [3.8, 4) is 0 Å². The van der Waals surface area contributed by atoms with Crippen LogP contribution in [0.15, 0.2) is 18.3 Å². The van der Waals surface area contributed by atoms with Gasteiger partial charge in [-0.15, -0.1) is 0 Å². The molecule has 0 aliphatic rings. The van der Waals surface area contributed by atoms with Gasteiger partial charge in [-0.05, 0) is 32.9 Å². The monoisotopic (exact) mass is 281 g/mol. The molecule has 6 heteroatoms. The highest BCUT2D eigenvalue weighted by Gasteiger charge is 2.16. The van der Waals surface area contributed by atoms with Crippen LogP contribution in [-0.4, -0.2) is 21.7 Å². The molecule has 2 heterocycles. The van der Waals surface area contributed by atoms with E-state index < -0.39 is 11.7 Å². The SMILES string of the molecule is CC(C)(C)OC(=O)NCc1cc2c(Cl)nccc2[nH]1. The van der Waals surface area contributed by atoms with Crippen LogP contribution in [0.5, 0.6) is 0 Å². The van der Waals surface area contributed by atoms with Gasteiger partial charge in [-0.2, -0.15) is 0 Å². The number of amides is 1. The number of carbonyl (C=O) groups excluding carboxylic acids is 1. The third-order valence-electron chi connectivity index (χ3n) is 2.38. The van der Waals surface area contributed by atoms with Crippen molar-refractivity contribution >= 4 is 28.6 Å². The van der Waals surface area contributed by atoms with E-state index in [2.05, 4.69) is 15.3 Å². The third kappa shape index (κ3) is 3.61. The Bertz CT molecular complexity index is 601. The molecule has 0 saturated carbocycles. The molecule has 2 aromatic heterocycles. The summed E-state index contributed by atoms with van der Waals surface area (Å²) in [6.07, 6.45) is 1.18. The first kappa shape index (κ1) is 13.7. The standard InChI is InChI=1S/C13H16ClN3O2/c1-13(2,3)19-12(18)16-7-8-6-9-10(17-8)4-5-15-11(9)14/h4-6,17H,7H2,1-3H3,(H,16,18). The van der Waals surface area contributed by atoms with Crippen LogP contribution in [0, 0.1) is 0 Å². The Hall–Kier alpha value is -1.75. The fraction of sp³-hybridized carbons (Fsp3) is 0.385. The lowest BCUT2D eigenvalue weighted by Crippen LogP contribution is -2.32. The van der Waals surface area contributed by atoms with Crippen molar-refractivity contribution in [1.29, 1.82) is 0 Å². The minimum atomic E-state index is -0.502. The number of H-pyrrole nitrogens is 1. The molecule has 5 nitrogen and oxygen atoms in total. The number of nitrogens with one attached hydrogen (secondary N) is 2. The average molecular weight is 282 g/mol. The molecule has 0 bridgehead atoms. The lowest BCUT2D eigenvalue weighted by molar-refractivity contribution is 0.0523. The van der Waals surface area contributed by atoms with Gasteiger partial charge in [-0.1, -0.05) is 11.6 Å². The van der Waals surface area contributed by atoms with Gasteiger partial charge in [-0.25, -0.2) is 9.78 Å². The van der Waals surface area contributed by atoms with Gasteiger partial charge < -0.3 is 15.0 Å². The molecular weight excluding hydrogens is 266 g/mol. The van der Waals surface area contributed by atoms with Crippen LogP contribution in [-0.2, 0) is 11.3 Å². The number of ether oxygens (including phenoxy) is 1. The molecular formula is C13H16ClN3O2. The van der Waals surface area contributed by atoms with Crippen molar-refractivity contribution < 1.29 is 9.53 Å². The maximum atomic E-state index is 11.5. The smallest absolute Gasteiger partial charge is 0.407 e. The van der Waals surface area contributed by atoms with Gasteiger partial charge >= 0.3 is 6.09 Å². The van der Waals surface area contributed by atoms with Crippen LogP contribution in [0.1, 0.15) is 26.5 Å². The van der Waals surface area contributed by atoms with E-state index in [0.29, 0.717) is 11.7 Å². The summed E-state index contributed by atoms with van der Waals surface area (Å²) in [5.41, 5.74) is 1.23. The van der Waals surface area contributed by atoms with Gasteiger partial charge in [-0.3, -0.25) is 0 Å². The highest BCUT2D eigenvalue weighted by atomic mass is 35.5. The third-order valence-corrected chi connectivity index (χ3v) is 2.68. The molecule has 2 rings (SSSR count). The van der Waals surface area contributed by atoms with Crippen molar-refractivity contribution in [2.24, 2.45) is 0 Å². The number of aromatic amines is 1. The summed E-state index contributed by atoms with van der Waals surface area (Å²) in [5.74, 6) is 0. The predicted octanol–water partition coefficient (Wildman–Crippen LogP) is 3.24. The minimum Gasteiger partial charge on any atom is -0.444 e. The lowest BCUT2D eigenvalue weighted by atomic mass is 10.2. The Kier molecular flexibility index (Phi) is 3.66. The summed E-state index contributed by atoms with van der Waals surface area (Å²) in [7, 11) is 0. The van der Waals surface area contributed by atoms with Crippen LogP contribution < -0.4 is 5.32 Å². The molecule has 102 valence electrons. The Balaban J connectivity index is 2.02. The van der Waals surface area contributed by atoms with Crippen LogP contribution in [0.25, 0.3) is 10.9 Å². The fourth-order valence-electron chi connectivity index (χ4n) is 1.65. The van der Waals surface area contributed by atoms with Crippen LogP contribution in [0.2, 0.25) is 5.15 Å². The molecule has 0 aliphatic heterocycles. The quantitative estimate of drug-likeness (QED) is 0.831. The highest BCUT2D eigenvalue weighted by Crippen LogP contribution is 2.21. The summed E-state index contributed by atoms with van der Waals surface area (Å²) >= 11 is 5.98. The summed E-state index contributed by atoms with van der Waals surface area (Å²) in [6, 6.07) is 3.69. The lowest BCUT2D eigenvalue weighted by Gasteiger charge is -2.19. The van der Waals surface area contributed by atoms with Crippen LogP contribution in [0.4, 0.5) is 4.79 Å². The van der Waals surface area contributed by atoms with E-state index in [-0.39, 0.29) is 0 Å². The molecule has 1 amide bonds. The highest BCUT2D eigenvalue weighted by molar-refractivity contribution is 6.34. The average Bonchev–Trinajstić information content (AvgIpc) is 2.68. The van der Waals surface area contributed by atoms with Gasteiger partial charge in [0.2, 0.25) is 0 Å². The summed E-state index contributed by atoms with van der Waals surface area (Å²) < 4.78 is 5.15. The number of hydrogen-bond acceptors (Lipinski definition) is 3. The number of fused-ring (bicyclic) bond motifs is 1. The van der Waals surface area contributed by atoms with E-state index in [1.807, 2.05) is 32.9 Å². The molecule has 2 N–H and O–H groups in total. The van der Waals surface area contributed by atoms with E-state index in [4.69, 9.17) is 16.3 Å². The maximum Gasteiger partial charge on any atom is 0.407 e. The number of nitrogens with zero attached hydrogens (tertiary/aromatic N) is 1. The minimum absolute atomic E-state index is 0.347. The number of rotatable bonds is 2. The van der Waals surface area contributed by atoms with Crippen molar-refractivity contribution in [2.75, 3.05) is 0 Å². The van der Waals surface area contributed by atoms with E-state index in [1.54, 1.807) is 6.20 Å². The van der Waals surface area contributed by atoms with Crippen LogP contribution >= 0.6 is 11.6 Å². The van der Waals surface area contributed by atoms with Crippen molar-refractivity contribution in [3.63, 3.8) is 0 Å².